The van der Waals surface area contributed by atoms with E-state index in [1.54, 1.807) is 4.90 Å². The number of carbonyl (C=O) groups excluding carboxylic acids is 1. The first kappa shape index (κ1) is 18.7. The van der Waals surface area contributed by atoms with Gasteiger partial charge in [-0.25, -0.2) is 8.42 Å². The van der Waals surface area contributed by atoms with Crippen LogP contribution in [0, 0.1) is 6.92 Å². The van der Waals surface area contributed by atoms with Crippen LogP contribution in [0.2, 0.25) is 0 Å². The Labute approximate surface area is 152 Å². The lowest BCUT2D eigenvalue weighted by atomic mass is 10.1. The fourth-order valence-electron chi connectivity index (χ4n) is 3.21. The highest BCUT2D eigenvalue weighted by atomic mass is 32.2. The summed E-state index contributed by atoms with van der Waals surface area (Å²) < 4.78 is 31.2. The van der Waals surface area contributed by atoms with Crippen molar-refractivity contribution >= 4 is 27.5 Å². The van der Waals surface area contributed by atoms with Crippen LogP contribution in [0.5, 0.6) is 0 Å². The molecular formula is C15H24N4O4S2. The number of nitrogens with zero attached hydrogens (tertiary/aromatic N) is 4. The van der Waals surface area contributed by atoms with Crippen molar-refractivity contribution in [3.8, 4) is 0 Å². The van der Waals surface area contributed by atoms with Crippen molar-refractivity contribution in [2.45, 2.75) is 43.5 Å². The van der Waals surface area contributed by atoms with Crippen LogP contribution in [0.3, 0.4) is 0 Å². The number of ether oxygens (including phenoxy) is 1. The van der Waals surface area contributed by atoms with Gasteiger partial charge in [-0.1, -0.05) is 11.8 Å². The second kappa shape index (κ2) is 7.63. The number of amides is 1. The van der Waals surface area contributed by atoms with Crippen molar-refractivity contribution < 1.29 is 17.9 Å². The van der Waals surface area contributed by atoms with E-state index in [1.807, 2.05) is 18.5 Å². The molecule has 25 heavy (non-hydrogen) atoms. The molecule has 0 aromatic carbocycles. The predicted octanol–water partition coefficient (Wildman–Crippen LogP) is 0.410. The molecule has 0 N–H and O–H groups in total. The zero-order valence-electron chi connectivity index (χ0n) is 14.5. The predicted molar refractivity (Wildman–Crippen MR) is 94.2 cm³/mol. The highest BCUT2D eigenvalue weighted by Crippen LogP contribution is 2.23. The summed E-state index contributed by atoms with van der Waals surface area (Å²) in [5.41, 5.74) is 0. The van der Waals surface area contributed by atoms with Crippen molar-refractivity contribution in [1.82, 2.24) is 19.7 Å². The third-order valence-electron chi connectivity index (χ3n) is 4.77. The molecule has 0 radical (unpaired) electrons. The maximum absolute atomic E-state index is 12.8. The van der Waals surface area contributed by atoms with Gasteiger partial charge < -0.3 is 14.2 Å². The van der Waals surface area contributed by atoms with E-state index in [0.717, 1.165) is 18.7 Å². The largest absolute Gasteiger partial charge is 0.376 e. The van der Waals surface area contributed by atoms with Gasteiger partial charge in [0.2, 0.25) is 5.91 Å². The first-order chi connectivity index (χ1) is 11.9. The Morgan fingerprint density at radius 1 is 1.40 bits per heavy atom. The SMILES string of the molecule is Cc1nnc(SCC(=O)N(C[C@@H]2CCCO2)[C@H]2CCS(=O)(=O)C2)n1C. The van der Waals surface area contributed by atoms with Crippen LogP contribution >= 0.6 is 11.8 Å². The Bertz CT molecular complexity index is 728. The molecule has 0 bridgehead atoms. The van der Waals surface area contributed by atoms with E-state index in [9.17, 15) is 13.2 Å². The quantitative estimate of drug-likeness (QED) is 0.652. The van der Waals surface area contributed by atoms with Gasteiger partial charge in [-0.05, 0) is 26.2 Å². The zero-order valence-corrected chi connectivity index (χ0v) is 16.2. The molecule has 0 unspecified atom stereocenters. The number of aromatic nitrogens is 3. The fraction of sp³-hybridized carbons (Fsp3) is 0.800. The fourth-order valence-corrected chi connectivity index (χ4v) is 5.78. The van der Waals surface area contributed by atoms with Gasteiger partial charge in [0, 0.05) is 26.2 Å². The Morgan fingerprint density at radius 2 is 2.20 bits per heavy atom. The summed E-state index contributed by atoms with van der Waals surface area (Å²) >= 11 is 1.33. The standard InChI is InChI=1S/C15H24N4O4S2/c1-11-16-17-15(18(11)2)24-9-14(20)19(8-13-4-3-6-23-13)12-5-7-25(21,22)10-12/h12-13H,3-10H2,1-2H3/t12-,13-/m0/s1. The van der Waals surface area contributed by atoms with Crippen molar-refractivity contribution in [2.75, 3.05) is 30.4 Å². The molecule has 0 saturated carbocycles. The Balaban J connectivity index is 1.66. The molecule has 8 nitrogen and oxygen atoms in total. The number of hydrogen-bond donors (Lipinski definition) is 0. The summed E-state index contributed by atoms with van der Waals surface area (Å²) in [6.45, 7) is 3.03. The van der Waals surface area contributed by atoms with E-state index < -0.39 is 9.84 Å². The maximum Gasteiger partial charge on any atom is 0.233 e. The van der Waals surface area contributed by atoms with Crippen molar-refractivity contribution in [3.63, 3.8) is 0 Å². The average Bonchev–Trinajstić information content (AvgIpc) is 3.26. The van der Waals surface area contributed by atoms with Gasteiger partial charge in [0.1, 0.15) is 5.82 Å². The van der Waals surface area contributed by atoms with Crippen LogP contribution in [0.1, 0.15) is 25.1 Å². The van der Waals surface area contributed by atoms with E-state index in [-0.39, 0.29) is 35.3 Å². The minimum atomic E-state index is -3.05. The van der Waals surface area contributed by atoms with E-state index in [2.05, 4.69) is 10.2 Å². The number of thioether (sulfide) groups is 1. The summed E-state index contributed by atoms with van der Waals surface area (Å²) in [7, 11) is -1.19. The van der Waals surface area contributed by atoms with Gasteiger partial charge >= 0.3 is 0 Å². The Kier molecular flexibility index (Phi) is 5.69. The van der Waals surface area contributed by atoms with Crippen molar-refractivity contribution in [3.05, 3.63) is 5.82 Å². The monoisotopic (exact) mass is 388 g/mol. The minimum absolute atomic E-state index is 0.00864. The van der Waals surface area contributed by atoms with E-state index in [0.29, 0.717) is 24.7 Å². The molecule has 1 amide bonds. The van der Waals surface area contributed by atoms with E-state index in [1.165, 1.54) is 11.8 Å². The number of aryl methyl sites for hydroxylation is 1. The average molecular weight is 389 g/mol. The lowest BCUT2D eigenvalue weighted by molar-refractivity contribution is -0.131. The van der Waals surface area contributed by atoms with Gasteiger partial charge in [-0.3, -0.25) is 4.79 Å². The number of rotatable bonds is 6. The molecular weight excluding hydrogens is 364 g/mol. The Hall–Kier alpha value is -1.13. The molecule has 0 spiro atoms. The lowest BCUT2D eigenvalue weighted by Gasteiger charge is -2.30. The van der Waals surface area contributed by atoms with Gasteiger partial charge in [-0.2, -0.15) is 0 Å². The minimum Gasteiger partial charge on any atom is -0.376 e. The second-order valence-electron chi connectivity index (χ2n) is 6.62. The van der Waals surface area contributed by atoms with Crippen LogP contribution in [-0.4, -0.2) is 76.5 Å². The van der Waals surface area contributed by atoms with Crippen LogP contribution in [-0.2, 0) is 26.4 Å². The molecule has 2 saturated heterocycles. The molecule has 3 heterocycles. The molecule has 2 aliphatic heterocycles. The molecule has 0 aliphatic carbocycles. The smallest absolute Gasteiger partial charge is 0.233 e. The van der Waals surface area contributed by atoms with Crippen LogP contribution in [0.15, 0.2) is 5.16 Å². The summed E-state index contributed by atoms with van der Waals surface area (Å²) in [6.07, 6.45) is 2.42. The first-order valence-electron chi connectivity index (χ1n) is 8.46. The third kappa shape index (κ3) is 4.53. The van der Waals surface area contributed by atoms with Crippen molar-refractivity contribution in [1.29, 1.82) is 0 Å². The van der Waals surface area contributed by atoms with Crippen LogP contribution < -0.4 is 0 Å². The summed E-state index contributed by atoms with van der Waals surface area (Å²) in [4.78, 5) is 14.5. The van der Waals surface area contributed by atoms with Gasteiger partial charge in [0.25, 0.3) is 0 Å². The zero-order chi connectivity index (χ0) is 18.0. The van der Waals surface area contributed by atoms with Crippen molar-refractivity contribution in [2.24, 2.45) is 7.05 Å². The summed E-state index contributed by atoms with van der Waals surface area (Å²) in [6, 6.07) is -0.247. The normalized spacial score (nSPS) is 25.4. The number of carbonyl (C=O) groups is 1. The molecule has 2 fully saturated rings. The first-order valence-corrected chi connectivity index (χ1v) is 11.3. The Morgan fingerprint density at radius 3 is 2.76 bits per heavy atom. The highest BCUT2D eigenvalue weighted by molar-refractivity contribution is 7.99. The summed E-state index contributed by atoms with van der Waals surface area (Å²) in [5.74, 6) is 1.15. The number of sulfone groups is 1. The molecule has 2 aliphatic rings. The topological polar surface area (TPSA) is 94.4 Å². The van der Waals surface area contributed by atoms with Gasteiger partial charge in [-0.15, -0.1) is 10.2 Å². The third-order valence-corrected chi connectivity index (χ3v) is 7.53. The molecule has 140 valence electrons. The van der Waals surface area contributed by atoms with Crippen LogP contribution in [0.4, 0.5) is 0 Å². The van der Waals surface area contributed by atoms with E-state index >= 15 is 0 Å². The summed E-state index contributed by atoms with van der Waals surface area (Å²) in [5, 5.41) is 8.72. The maximum atomic E-state index is 12.8. The second-order valence-corrected chi connectivity index (χ2v) is 9.79. The van der Waals surface area contributed by atoms with Gasteiger partial charge in [0.15, 0.2) is 15.0 Å². The molecule has 2 atom stereocenters. The molecule has 1 aromatic rings. The molecule has 1 aromatic heterocycles. The molecule has 10 heteroatoms. The highest BCUT2D eigenvalue weighted by Gasteiger charge is 2.36. The number of hydrogen-bond acceptors (Lipinski definition) is 7. The van der Waals surface area contributed by atoms with E-state index in [4.69, 9.17) is 4.74 Å². The van der Waals surface area contributed by atoms with Gasteiger partial charge in [0.05, 0.1) is 23.4 Å². The van der Waals surface area contributed by atoms with Crippen LogP contribution in [0.25, 0.3) is 0 Å². The lowest BCUT2D eigenvalue weighted by Crippen LogP contribution is -2.46. The molecule has 3 rings (SSSR count).